The SMILES string of the molecule is COC(=O)C(C)C(C)N1CCCCC1CN. The number of hydrogen-bond donors (Lipinski definition) is 1. The van der Waals surface area contributed by atoms with Gasteiger partial charge in [0.1, 0.15) is 0 Å². The second kappa shape index (κ2) is 6.21. The van der Waals surface area contributed by atoms with E-state index in [1.807, 2.05) is 6.92 Å². The van der Waals surface area contributed by atoms with Gasteiger partial charge in [0.05, 0.1) is 13.0 Å². The van der Waals surface area contributed by atoms with E-state index >= 15 is 0 Å². The summed E-state index contributed by atoms with van der Waals surface area (Å²) in [5.41, 5.74) is 5.78. The number of hydrogen-bond acceptors (Lipinski definition) is 4. The Labute approximate surface area is 98.1 Å². The van der Waals surface area contributed by atoms with Crippen LogP contribution < -0.4 is 5.73 Å². The van der Waals surface area contributed by atoms with Crippen molar-refractivity contribution in [3.8, 4) is 0 Å². The molecule has 1 aliphatic rings. The molecule has 3 atom stereocenters. The molecule has 2 N–H and O–H groups in total. The van der Waals surface area contributed by atoms with Crippen LogP contribution in [0.2, 0.25) is 0 Å². The Morgan fingerprint density at radius 2 is 2.19 bits per heavy atom. The van der Waals surface area contributed by atoms with Gasteiger partial charge in [-0.1, -0.05) is 13.3 Å². The fourth-order valence-electron chi connectivity index (χ4n) is 2.48. The van der Waals surface area contributed by atoms with Crippen LogP contribution in [-0.2, 0) is 9.53 Å². The van der Waals surface area contributed by atoms with Crippen LogP contribution in [0.3, 0.4) is 0 Å². The van der Waals surface area contributed by atoms with Gasteiger partial charge in [0.15, 0.2) is 0 Å². The molecule has 0 radical (unpaired) electrons. The maximum absolute atomic E-state index is 11.5. The van der Waals surface area contributed by atoms with Gasteiger partial charge in [-0.3, -0.25) is 9.69 Å². The normalized spacial score (nSPS) is 26.1. The lowest BCUT2D eigenvalue weighted by molar-refractivity contribution is -0.147. The molecule has 0 aliphatic carbocycles. The minimum atomic E-state index is -0.131. The van der Waals surface area contributed by atoms with E-state index in [-0.39, 0.29) is 17.9 Å². The molecule has 4 nitrogen and oxygen atoms in total. The lowest BCUT2D eigenvalue weighted by Crippen LogP contribution is -2.51. The lowest BCUT2D eigenvalue weighted by atomic mass is 9.95. The number of nitrogens with zero attached hydrogens (tertiary/aromatic N) is 1. The minimum absolute atomic E-state index is 0.0860. The summed E-state index contributed by atoms with van der Waals surface area (Å²) in [4.78, 5) is 13.9. The van der Waals surface area contributed by atoms with Gasteiger partial charge in [-0.05, 0) is 26.3 Å². The van der Waals surface area contributed by atoms with Crippen molar-refractivity contribution in [1.82, 2.24) is 4.90 Å². The summed E-state index contributed by atoms with van der Waals surface area (Å²) in [6.07, 6.45) is 3.60. The van der Waals surface area contributed by atoms with E-state index in [2.05, 4.69) is 11.8 Å². The summed E-state index contributed by atoms with van der Waals surface area (Å²) in [5, 5.41) is 0. The molecule has 0 aromatic heterocycles. The first kappa shape index (κ1) is 13.5. The predicted octanol–water partition coefficient (Wildman–Crippen LogP) is 0.997. The van der Waals surface area contributed by atoms with Crippen molar-refractivity contribution < 1.29 is 9.53 Å². The van der Waals surface area contributed by atoms with Crippen LogP contribution in [0, 0.1) is 5.92 Å². The molecule has 3 unspecified atom stereocenters. The van der Waals surface area contributed by atoms with E-state index in [9.17, 15) is 4.79 Å². The number of ether oxygens (including phenoxy) is 1. The zero-order valence-electron chi connectivity index (χ0n) is 10.6. The van der Waals surface area contributed by atoms with Gasteiger partial charge >= 0.3 is 5.97 Å². The van der Waals surface area contributed by atoms with Gasteiger partial charge in [0, 0.05) is 18.6 Å². The van der Waals surface area contributed by atoms with E-state index < -0.39 is 0 Å². The van der Waals surface area contributed by atoms with Crippen molar-refractivity contribution in [2.45, 2.75) is 45.2 Å². The van der Waals surface area contributed by atoms with Crippen LogP contribution in [-0.4, -0.2) is 43.2 Å². The fraction of sp³-hybridized carbons (Fsp3) is 0.917. The highest BCUT2D eigenvalue weighted by molar-refractivity contribution is 5.72. The van der Waals surface area contributed by atoms with Gasteiger partial charge in [-0.2, -0.15) is 0 Å². The quantitative estimate of drug-likeness (QED) is 0.729. The first-order valence-electron chi connectivity index (χ1n) is 6.15. The highest BCUT2D eigenvalue weighted by Gasteiger charge is 2.31. The van der Waals surface area contributed by atoms with Gasteiger partial charge < -0.3 is 10.5 Å². The van der Waals surface area contributed by atoms with E-state index in [0.717, 1.165) is 13.0 Å². The Morgan fingerprint density at radius 3 is 2.75 bits per heavy atom. The fourth-order valence-corrected chi connectivity index (χ4v) is 2.48. The van der Waals surface area contributed by atoms with Crippen molar-refractivity contribution in [3.05, 3.63) is 0 Å². The zero-order chi connectivity index (χ0) is 12.1. The third-order valence-electron chi connectivity index (χ3n) is 3.76. The van der Waals surface area contributed by atoms with Crippen LogP contribution in [0.25, 0.3) is 0 Å². The van der Waals surface area contributed by atoms with Gasteiger partial charge in [-0.15, -0.1) is 0 Å². The summed E-state index contributed by atoms with van der Waals surface area (Å²) >= 11 is 0. The molecule has 1 aliphatic heterocycles. The molecule has 0 saturated carbocycles. The Hall–Kier alpha value is -0.610. The predicted molar refractivity (Wildman–Crippen MR) is 64.0 cm³/mol. The van der Waals surface area contributed by atoms with E-state index in [4.69, 9.17) is 10.5 Å². The molecule has 4 heteroatoms. The number of nitrogens with two attached hydrogens (primary N) is 1. The first-order valence-corrected chi connectivity index (χ1v) is 6.15. The summed E-state index contributed by atoms with van der Waals surface area (Å²) in [6, 6.07) is 0.636. The maximum atomic E-state index is 11.5. The molecule has 16 heavy (non-hydrogen) atoms. The molecule has 0 amide bonds. The molecule has 0 spiro atoms. The molecule has 94 valence electrons. The van der Waals surface area contributed by atoms with Gasteiger partial charge in [-0.25, -0.2) is 0 Å². The number of carbonyl (C=O) groups is 1. The molecule has 1 fully saturated rings. The Bertz CT molecular complexity index is 233. The third kappa shape index (κ3) is 2.95. The highest BCUT2D eigenvalue weighted by atomic mass is 16.5. The molecule has 0 aromatic carbocycles. The molecule has 1 saturated heterocycles. The van der Waals surface area contributed by atoms with Crippen molar-refractivity contribution in [2.24, 2.45) is 11.7 Å². The number of likely N-dealkylation sites (tertiary alicyclic amines) is 1. The number of piperidine rings is 1. The third-order valence-corrected chi connectivity index (χ3v) is 3.76. The van der Waals surface area contributed by atoms with Gasteiger partial charge in [0.2, 0.25) is 0 Å². The smallest absolute Gasteiger partial charge is 0.309 e. The summed E-state index contributed by atoms with van der Waals surface area (Å²) < 4.78 is 4.80. The van der Waals surface area contributed by atoms with Crippen LogP contribution in [0.1, 0.15) is 33.1 Å². The molecular weight excluding hydrogens is 204 g/mol. The second-order valence-electron chi connectivity index (χ2n) is 4.68. The Balaban J connectivity index is 2.62. The Morgan fingerprint density at radius 1 is 1.50 bits per heavy atom. The van der Waals surface area contributed by atoms with Gasteiger partial charge in [0.25, 0.3) is 0 Å². The van der Waals surface area contributed by atoms with E-state index in [1.54, 1.807) is 0 Å². The second-order valence-corrected chi connectivity index (χ2v) is 4.68. The summed E-state index contributed by atoms with van der Waals surface area (Å²) in [6.45, 7) is 5.75. The lowest BCUT2D eigenvalue weighted by Gasteiger charge is -2.41. The van der Waals surface area contributed by atoms with Crippen molar-refractivity contribution in [2.75, 3.05) is 20.2 Å². The van der Waals surface area contributed by atoms with Crippen LogP contribution in [0.4, 0.5) is 0 Å². The summed E-state index contributed by atoms with van der Waals surface area (Å²) in [5.74, 6) is -0.217. The minimum Gasteiger partial charge on any atom is -0.469 e. The largest absolute Gasteiger partial charge is 0.469 e. The maximum Gasteiger partial charge on any atom is 0.309 e. The number of esters is 1. The Kier molecular flexibility index (Phi) is 5.22. The number of rotatable bonds is 4. The van der Waals surface area contributed by atoms with Crippen molar-refractivity contribution in [1.29, 1.82) is 0 Å². The number of carbonyl (C=O) groups excluding carboxylic acids is 1. The van der Waals surface area contributed by atoms with Crippen LogP contribution in [0.5, 0.6) is 0 Å². The highest BCUT2D eigenvalue weighted by Crippen LogP contribution is 2.22. The average Bonchev–Trinajstić information content (AvgIpc) is 2.35. The standard InChI is InChI=1S/C12H24N2O2/c1-9(12(15)16-3)10(2)14-7-5-4-6-11(14)8-13/h9-11H,4-8,13H2,1-3H3. The zero-order valence-corrected chi connectivity index (χ0v) is 10.6. The molecular formula is C12H24N2O2. The molecule has 1 heterocycles. The van der Waals surface area contributed by atoms with E-state index in [1.165, 1.54) is 20.0 Å². The first-order chi connectivity index (χ1) is 7.61. The van der Waals surface area contributed by atoms with E-state index in [0.29, 0.717) is 12.6 Å². The average molecular weight is 228 g/mol. The molecule has 0 aromatic rings. The van der Waals surface area contributed by atoms with Crippen molar-refractivity contribution in [3.63, 3.8) is 0 Å². The van der Waals surface area contributed by atoms with Crippen LogP contribution in [0.15, 0.2) is 0 Å². The monoisotopic (exact) mass is 228 g/mol. The topological polar surface area (TPSA) is 55.6 Å². The molecule has 1 rings (SSSR count). The number of methoxy groups -OCH3 is 1. The molecule has 0 bridgehead atoms. The summed E-state index contributed by atoms with van der Waals surface area (Å²) in [7, 11) is 1.45. The van der Waals surface area contributed by atoms with Crippen LogP contribution >= 0.6 is 0 Å². The van der Waals surface area contributed by atoms with Crippen molar-refractivity contribution >= 4 is 5.97 Å².